The molecule has 6 nitrogen and oxygen atoms in total. The maximum Gasteiger partial charge on any atom is 0.344 e. The molecule has 0 saturated heterocycles. The fraction of sp³-hybridized carbons (Fsp3) is 0.429. The summed E-state index contributed by atoms with van der Waals surface area (Å²) in [5.41, 5.74) is 4.92. The van der Waals surface area contributed by atoms with Crippen molar-refractivity contribution in [1.82, 2.24) is 0 Å². The number of rotatable bonds is 5. The molecular formula is C14H19NO5. The molecule has 0 amide bonds. The summed E-state index contributed by atoms with van der Waals surface area (Å²) < 4.78 is 10.2. The highest BCUT2D eigenvalue weighted by Gasteiger charge is 2.17. The molecule has 0 aliphatic heterocycles. The van der Waals surface area contributed by atoms with Crippen molar-refractivity contribution >= 4 is 11.8 Å². The van der Waals surface area contributed by atoms with Gasteiger partial charge in [-0.2, -0.15) is 0 Å². The van der Waals surface area contributed by atoms with Crippen molar-refractivity contribution in [2.24, 2.45) is 5.73 Å². The van der Waals surface area contributed by atoms with Gasteiger partial charge in [0.05, 0.1) is 6.54 Å². The zero-order valence-corrected chi connectivity index (χ0v) is 11.8. The van der Waals surface area contributed by atoms with Crippen LogP contribution in [-0.2, 0) is 9.53 Å². The number of nitrogens with two attached hydrogens (primary N) is 1. The summed E-state index contributed by atoms with van der Waals surface area (Å²) in [5, 5.41) is 9.71. The third kappa shape index (κ3) is 4.89. The fourth-order valence-electron chi connectivity index (χ4n) is 1.44. The van der Waals surface area contributed by atoms with Gasteiger partial charge in [-0.05, 0) is 39.0 Å². The molecule has 0 unspecified atom stereocenters. The van der Waals surface area contributed by atoms with Crippen LogP contribution in [0.5, 0.6) is 11.5 Å². The van der Waals surface area contributed by atoms with Gasteiger partial charge in [-0.3, -0.25) is 4.79 Å². The zero-order valence-electron chi connectivity index (χ0n) is 11.8. The fourth-order valence-corrected chi connectivity index (χ4v) is 1.44. The Morgan fingerprint density at radius 3 is 2.45 bits per heavy atom. The Hall–Kier alpha value is -2.08. The molecule has 1 aromatic rings. The molecule has 110 valence electrons. The highest BCUT2D eigenvalue weighted by molar-refractivity contribution is 5.98. The van der Waals surface area contributed by atoms with E-state index in [0.29, 0.717) is 0 Å². The van der Waals surface area contributed by atoms with Crippen LogP contribution in [-0.4, -0.2) is 35.6 Å². The summed E-state index contributed by atoms with van der Waals surface area (Å²) >= 11 is 0. The van der Waals surface area contributed by atoms with E-state index in [9.17, 15) is 14.7 Å². The number of carbonyl (C=O) groups is 2. The van der Waals surface area contributed by atoms with Gasteiger partial charge in [-0.15, -0.1) is 0 Å². The van der Waals surface area contributed by atoms with Crippen LogP contribution in [0.3, 0.4) is 0 Å². The first-order valence-corrected chi connectivity index (χ1v) is 6.14. The number of phenols is 1. The van der Waals surface area contributed by atoms with E-state index in [0.717, 1.165) is 0 Å². The van der Waals surface area contributed by atoms with Gasteiger partial charge in [-0.1, -0.05) is 0 Å². The van der Waals surface area contributed by atoms with Gasteiger partial charge in [0.25, 0.3) is 0 Å². The number of carbonyl (C=O) groups excluding carboxylic acids is 2. The van der Waals surface area contributed by atoms with Crippen molar-refractivity contribution in [2.45, 2.75) is 26.4 Å². The summed E-state index contributed by atoms with van der Waals surface area (Å²) in [6.45, 7) is 4.77. The Labute approximate surface area is 117 Å². The van der Waals surface area contributed by atoms with Crippen LogP contribution in [0.25, 0.3) is 0 Å². The van der Waals surface area contributed by atoms with Crippen molar-refractivity contribution in [3.8, 4) is 11.5 Å². The molecule has 20 heavy (non-hydrogen) atoms. The maximum absolute atomic E-state index is 11.5. The summed E-state index contributed by atoms with van der Waals surface area (Å²) in [4.78, 5) is 22.8. The molecule has 0 aliphatic rings. The SMILES string of the molecule is CC(C)(C)OC(=O)COc1ccc(C(=O)CN)cc1O. The lowest BCUT2D eigenvalue weighted by Gasteiger charge is -2.19. The summed E-state index contributed by atoms with van der Waals surface area (Å²) in [5.74, 6) is -0.963. The van der Waals surface area contributed by atoms with Crippen LogP contribution in [0, 0.1) is 0 Å². The first kappa shape index (κ1) is 16.0. The highest BCUT2D eigenvalue weighted by atomic mass is 16.6. The number of ketones is 1. The molecule has 1 rings (SSSR count). The van der Waals surface area contributed by atoms with Crippen LogP contribution in [0.1, 0.15) is 31.1 Å². The maximum atomic E-state index is 11.5. The van der Waals surface area contributed by atoms with Crippen molar-refractivity contribution in [3.63, 3.8) is 0 Å². The first-order valence-electron chi connectivity index (χ1n) is 6.14. The van der Waals surface area contributed by atoms with Crippen LogP contribution in [0.4, 0.5) is 0 Å². The molecule has 0 spiro atoms. The molecule has 0 radical (unpaired) electrons. The van der Waals surface area contributed by atoms with Gasteiger partial charge >= 0.3 is 5.97 Å². The molecule has 0 saturated carbocycles. The minimum atomic E-state index is -0.597. The van der Waals surface area contributed by atoms with E-state index in [1.807, 2.05) is 0 Å². The Bertz CT molecular complexity index is 505. The predicted octanol–water partition coefficient (Wildman–Crippen LogP) is 1.25. The van der Waals surface area contributed by atoms with E-state index in [1.165, 1.54) is 18.2 Å². The molecule has 0 atom stereocenters. The number of benzene rings is 1. The molecular weight excluding hydrogens is 262 g/mol. The summed E-state index contributed by atoms with van der Waals surface area (Å²) in [6, 6.07) is 4.13. The average molecular weight is 281 g/mol. The van der Waals surface area contributed by atoms with Gasteiger partial charge in [-0.25, -0.2) is 4.79 Å². The second-order valence-corrected chi connectivity index (χ2v) is 5.18. The van der Waals surface area contributed by atoms with E-state index < -0.39 is 11.6 Å². The lowest BCUT2D eigenvalue weighted by molar-refractivity contribution is -0.157. The topological polar surface area (TPSA) is 98.9 Å². The molecule has 6 heteroatoms. The third-order valence-corrected chi connectivity index (χ3v) is 2.23. The monoisotopic (exact) mass is 281 g/mol. The van der Waals surface area contributed by atoms with Crippen LogP contribution in [0.2, 0.25) is 0 Å². The summed E-state index contributed by atoms with van der Waals surface area (Å²) in [7, 11) is 0. The molecule has 1 aromatic carbocycles. The van der Waals surface area contributed by atoms with Gasteiger partial charge in [0, 0.05) is 5.56 Å². The van der Waals surface area contributed by atoms with Crippen molar-refractivity contribution in [3.05, 3.63) is 23.8 Å². The number of hydrogen-bond donors (Lipinski definition) is 2. The first-order chi connectivity index (χ1) is 9.23. The van der Waals surface area contributed by atoms with Crippen molar-refractivity contribution < 1.29 is 24.2 Å². The Morgan fingerprint density at radius 1 is 1.30 bits per heavy atom. The van der Waals surface area contributed by atoms with Crippen LogP contribution in [0.15, 0.2) is 18.2 Å². The third-order valence-electron chi connectivity index (χ3n) is 2.23. The van der Waals surface area contributed by atoms with Crippen LogP contribution >= 0.6 is 0 Å². The number of phenolic OH excluding ortho intramolecular Hbond substituents is 1. The van der Waals surface area contributed by atoms with Crippen LogP contribution < -0.4 is 10.5 Å². The summed E-state index contributed by atoms with van der Waals surface area (Å²) in [6.07, 6.45) is 0. The van der Waals surface area contributed by atoms with Gasteiger partial charge in [0.1, 0.15) is 5.60 Å². The van der Waals surface area contributed by atoms with Gasteiger partial charge < -0.3 is 20.3 Å². The second kappa shape index (κ2) is 6.38. The van der Waals surface area contributed by atoms with E-state index in [4.69, 9.17) is 15.2 Å². The minimum absolute atomic E-state index is 0.101. The Morgan fingerprint density at radius 2 is 1.95 bits per heavy atom. The second-order valence-electron chi connectivity index (χ2n) is 5.18. The number of Topliss-reactive ketones (excluding diaryl/α,β-unsaturated/α-hetero) is 1. The van der Waals surface area contributed by atoms with Gasteiger partial charge in [0.15, 0.2) is 23.9 Å². The molecule has 0 aliphatic carbocycles. The normalized spacial score (nSPS) is 11.0. The molecule has 0 heterocycles. The number of esters is 1. The standard InChI is InChI=1S/C14H19NO5/c1-14(2,3)20-13(18)8-19-12-5-4-9(6-10(12)16)11(17)7-15/h4-6,16H,7-8,15H2,1-3H3. The minimum Gasteiger partial charge on any atom is -0.504 e. The largest absolute Gasteiger partial charge is 0.504 e. The Kier molecular flexibility index (Phi) is 5.10. The van der Waals surface area contributed by atoms with E-state index in [2.05, 4.69) is 0 Å². The number of aromatic hydroxyl groups is 1. The average Bonchev–Trinajstić information content (AvgIpc) is 2.34. The quantitative estimate of drug-likeness (QED) is 0.622. The molecule has 0 fully saturated rings. The van der Waals surface area contributed by atoms with Crippen molar-refractivity contribution in [1.29, 1.82) is 0 Å². The molecule has 3 N–H and O–H groups in total. The van der Waals surface area contributed by atoms with E-state index in [1.54, 1.807) is 20.8 Å². The Balaban J connectivity index is 2.66. The van der Waals surface area contributed by atoms with E-state index in [-0.39, 0.29) is 36.0 Å². The number of hydrogen-bond acceptors (Lipinski definition) is 6. The number of ether oxygens (including phenoxy) is 2. The lowest BCUT2D eigenvalue weighted by Crippen LogP contribution is -2.27. The lowest BCUT2D eigenvalue weighted by atomic mass is 10.1. The highest BCUT2D eigenvalue weighted by Crippen LogP contribution is 2.27. The van der Waals surface area contributed by atoms with Crippen molar-refractivity contribution in [2.75, 3.05) is 13.2 Å². The van der Waals surface area contributed by atoms with E-state index >= 15 is 0 Å². The smallest absolute Gasteiger partial charge is 0.344 e. The molecule has 0 aromatic heterocycles. The van der Waals surface area contributed by atoms with Gasteiger partial charge in [0.2, 0.25) is 0 Å². The zero-order chi connectivity index (χ0) is 15.3. The molecule has 0 bridgehead atoms. The predicted molar refractivity (Wildman–Crippen MR) is 72.8 cm³/mol.